The Bertz CT molecular complexity index is 437. The third-order valence-electron chi connectivity index (χ3n) is 2.01. The Hall–Kier alpha value is -1.62. The first-order chi connectivity index (χ1) is 8.02. The molecule has 92 valence electrons. The molecule has 0 atom stereocenters. The number of rotatable bonds is 3. The van der Waals surface area contributed by atoms with Gasteiger partial charge in [0.2, 0.25) is 5.91 Å². The molecular formula is C11H12ClFN2O2. The van der Waals surface area contributed by atoms with E-state index in [9.17, 15) is 14.0 Å². The van der Waals surface area contributed by atoms with E-state index in [1.807, 2.05) is 0 Å². The molecule has 0 aliphatic heterocycles. The third-order valence-corrected chi connectivity index (χ3v) is 2.20. The second kappa shape index (κ2) is 6.20. The SMILES string of the molecule is Cc1cc(F)ccc1NC(=O)NC(=O)CCCl. The summed E-state index contributed by atoms with van der Waals surface area (Å²) in [7, 11) is 0. The van der Waals surface area contributed by atoms with E-state index in [0.717, 1.165) is 0 Å². The highest BCUT2D eigenvalue weighted by molar-refractivity contribution is 6.19. The van der Waals surface area contributed by atoms with Crippen molar-refractivity contribution in [2.45, 2.75) is 13.3 Å². The number of benzene rings is 1. The number of carbonyl (C=O) groups excluding carboxylic acids is 2. The van der Waals surface area contributed by atoms with Crippen LogP contribution < -0.4 is 10.6 Å². The summed E-state index contributed by atoms with van der Waals surface area (Å²) in [4.78, 5) is 22.4. The molecule has 0 unspecified atom stereocenters. The zero-order chi connectivity index (χ0) is 12.8. The Morgan fingerprint density at radius 2 is 2.12 bits per heavy atom. The summed E-state index contributed by atoms with van der Waals surface area (Å²) in [6, 6.07) is 3.28. The molecule has 3 amide bonds. The molecule has 17 heavy (non-hydrogen) atoms. The first kappa shape index (κ1) is 13.4. The maximum atomic E-state index is 12.8. The van der Waals surface area contributed by atoms with Crippen LogP contribution >= 0.6 is 11.6 Å². The highest BCUT2D eigenvalue weighted by atomic mass is 35.5. The molecule has 1 aromatic rings. The van der Waals surface area contributed by atoms with Crippen LogP contribution in [0, 0.1) is 12.7 Å². The molecule has 0 saturated heterocycles. The first-order valence-electron chi connectivity index (χ1n) is 4.96. The summed E-state index contributed by atoms with van der Waals surface area (Å²) in [5, 5.41) is 4.55. The van der Waals surface area contributed by atoms with Gasteiger partial charge in [-0.25, -0.2) is 9.18 Å². The zero-order valence-electron chi connectivity index (χ0n) is 9.22. The Balaban J connectivity index is 2.59. The van der Waals surface area contributed by atoms with Crippen molar-refractivity contribution in [3.05, 3.63) is 29.6 Å². The summed E-state index contributed by atoms with van der Waals surface area (Å²) in [5.41, 5.74) is 1.02. The van der Waals surface area contributed by atoms with Crippen LogP contribution in [-0.4, -0.2) is 17.8 Å². The molecule has 0 heterocycles. The van der Waals surface area contributed by atoms with Gasteiger partial charge in [0, 0.05) is 18.0 Å². The number of amides is 3. The number of urea groups is 1. The molecule has 0 fully saturated rings. The van der Waals surface area contributed by atoms with Gasteiger partial charge in [-0.1, -0.05) is 0 Å². The molecule has 1 rings (SSSR count). The van der Waals surface area contributed by atoms with Crippen molar-refractivity contribution in [2.24, 2.45) is 0 Å². The summed E-state index contributed by atoms with van der Waals surface area (Å²) >= 11 is 5.35. The van der Waals surface area contributed by atoms with Crippen molar-refractivity contribution in [3.8, 4) is 0 Å². The molecule has 0 bridgehead atoms. The highest BCUT2D eigenvalue weighted by Gasteiger charge is 2.08. The number of carbonyl (C=O) groups is 2. The van der Waals surface area contributed by atoms with Crippen molar-refractivity contribution in [3.63, 3.8) is 0 Å². The molecule has 2 N–H and O–H groups in total. The Morgan fingerprint density at radius 1 is 1.41 bits per heavy atom. The topological polar surface area (TPSA) is 58.2 Å². The maximum absolute atomic E-state index is 12.8. The molecule has 0 aromatic heterocycles. The third kappa shape index (κ3) is 4.40. The summed E-state index contributed by atoms with van der Waals surface area (Å²) in [6.07, 6.45) is 0.0668. The predicted octanol–water partition coefficient (Wildman–Crippen LogP) is 2.41. The minimum atomic E-state index is -0.658. The second-order valence-electron chi connectivity index (χ2n) is 3.40. The molecule has 0 saturated carbocycles. The second-order valence-corrected chi connectivity index (χ2v) is 3.78. The van der Waals surface area contributed by atoms with E-state index in [1.165, 1.54) is 18.2 Å². The van der Waals surface area contributed by atoms with E-state index < -0.39 is 11.9 Å². The van der Waals surface area contributed by atoms with Gasteiger partial charge in [0.1, 0.15) is 5.82 Å². The van der Waals surface area contributed by atoms with Gasteiger partial charge in [-0.15, -0.1) is 11.6 Å². The van der Waals surface area contributed by atoms with Crippen molar-refractivity contribution in [1.29, 1.82) is 0 Å². The van der Waals surface area contributed by atoms with Crippen LogP contribution in [0.1, 0.15) is 12.0 Å². The van der Waals surface area contributed by atoms with Gasteiger partial charge in [0.15, 0.2) is 0 Å². The van der Waals surface area contributed by atoms with Crippen LogP contribution in [0.3, 0.4) is 0 Å². The summed E-state index contributed by atoms with van der Waals surface area (Å²) in [6.45, 7) is 1.65. The monoisotopic (exact) mass is 258 g/mol. The van der Waals surface area contributed by atoms with Crippen LogP contribution in [0.5, 0.6) is 0 Å². The molecule has 4 nitrogen and oxygen atoms in total. The van der Waals surface area contributed by atoms with Crippen LogP contribution in [0.4, 0.5) is 14.9 Å². The lowest BCUT2D eigenvalue weighted by atomic mass is 10.2. The first-order valence-corrected chi connectivity index (χ1v) is 5.49. The van der Waals surface area contributed by atoms with E-state index >= 15 is 0 Å². The average molecular weight is 259 g/mol. The Morgan fingerprint density at radius 3 is 2.71 bits per heavy atom. The van der Waals surface area contributed by atoms with Crippen LogP contribution in [0.25, 0.3) is 0 Å². The van der Waals surface area contributed by atoms with Gasteiger partial charge < -0.3 is 5.32 Å². The number of anilines is 1. The quantitative estimate of drug-likeness (QED) is 0.818. The number of nitrogens with one attached hydrogen (secondary N) is 2. The standard InChI is InChI=1S/C11H12ClFN2O2/c1-7-6-8(13)2-3-9(7)14-11(17)15-10(16)4-5-12/h2-3,6H,4-5H2,1H3,(H2,14,15,16,17). The summed E-state index contributed by atoms with van der Waals surface area (Å²) < 4.78 is 12.8. The van der Waals surface area contributed by atoms with E-state index in [0.29, 0.717) is 11.3 Å². The number of hydrogen-bond acceptors (Lipinski definition) is 2. The molecular weight excluding hydrogens is 247 g/mol. The van der Waals surface area contributed by atoms with Crippen LogP contribution in [-0.2, 0) is 4.79 Å². The van der Waals surface area contributed by atoms with E-state index in [2.05, 4.69) is 10.6 Å². The molecule has 0 spiro atoms. The van der Waals surface area contributed by atoms with Crippen molar-refractivity contribution >= 4 is 29.2 Å². The number of aryl methyl sites for hydroxylation is 1. The van der Waals surface area contributed by atoms with Gasteiger partial charge in [-0.3, -0.25) is 10.1 Å². The number of alkyl halides is 1. The minimum Gasteiger partial charge on any atom is -0.307 e. The van der Waals surface area contributed by atoms with E-state index in [4.69, 9.17) is 11.6 Å². The summed E-state index contributed by atoms with van der Waals surface area (Å²) in [5.74, 6) is -0.696. The average Bonchev–Trinajstić information content (AvgIpc) is 2.22. The van der Waals surface area contributed by atoms with Crippen LogP contribution in [0.15, 0.2) is 18.2 Å². The normalized spacial score (nSPS) is 9.82. The molecule has 6 heteroatoms. The predicted molar refractivity (Wildman–Crippen MR) is 63.6 cm³/mol. The fourth-order valence-electron chi connectivity index (χ4n) is 1.20. The zero-order valence-corrected chi connectivity index (χ0v) is 9.97. The lowest BCUT2D eigenvalue weighted by molar-refractivity contribution is -0.119. The van der Waals surface area contributed by atoms with Gasteiger partial charge in [0.05, 0.1) is 0 Å². The Kier molecular flexibility index (Phi) is 4.90. The minimum absolute atomic E-state index is 0.0668. The molecule has 0 radical (unpaired) electrons. The van der Waals surface area contributed by atoms with Gasteiger partial charge in [-0.2, -0.15) is 0 Å². The lowest BCUT2D eigenvalue weighted by Crippen LogP contribution is -2.34. The number of hydrogen-bond donors (Lipinski definition) is 2. The van der Waals surface area contributed by atoms with Gasteiger partial charge in [-0.05, 0) is 30.7 Å². The van der Waals surface area contributed by atoms with Crippen molar-refractivity contribution in [1.82, 2.24) is 5.32 Å². The molecule has 1 aromatic carbocycles. The maximum Gasteiger partial charge on any atom is 0.325 e. The Labute approximate surface area is 103 Å². The lowest BCUT2D eigenvalue weighted by Gasteiger charge is -2.08. The van der Waals surface area contributed by atoms with Crippen LogP contribution in [0.2, 0.25) is 0 Å². The van der Waals surface area contributed by atoms with Crippen molar-refractivity contribution < 1.29 is 14.0 Å². The van der Waals surface area contributed by atoms with E-state index in [-0.39, 0.29) is 18.1 Å². The molecule has 0 aliphatic rings. The number of halogens is 2. The van der Waals surface area contributed by atoms with Gasteiger partial charge in [0.25, 0.3) is 0 Å². The molecule has 0 aliphatic carbocycles. The van der Waals surface area contributed by atoms with Crippen molar-refractivity contribution in [2.75, 3.05) is 11.2 Å². The fourth-order valence-corrected chi connectivity index (χ4v) is 1.37. The highest BCUT2D eigenvalue weighted by Crippen LogP contribution is 2.15. The largest absolute Gasteiger partial charge is 0.325 e. The van der Waals surface area contributed by atoms with E-state index in [1.54, 1.807) is 6.92 Å². The number of imide groups is 1. The fraction of sp³-hybridized carbons (Fsp3) is 0.273. The van der Waals surface area contributed by atoms with Gasteiger partial charge >= 0.3 is 6.03 Å². The smallest absolute Gasteiger partial charge is 0.307 e.